The van der Waals surface area contributed by atoms with Crippen LogP contribution in [-0.2, 0) is 40.0 Å². The lowest BCUT2D eigenvalue weighted by molar-refractivity contribution is 0.397. The van der Waals surface area contributed by atoms with Gasteiger partial charge in [0.05, 0.1) is 28.9 Å². The van der Waals surface area contributed by atoms with Crippen LogP contribution in [0.15, 0.2) is 99.6 Å². The molecule has 0 bridgehead atoms. The van der Waals surface area contributed by atoms with Crippen molar-refractivity contribution < 1.29 is 43.5 Å². The Kier molecular flexibility index (Phi) is 9.45. The Labute approximate surface area is 259 Å². The molecule has 0 radical (unpaired) electrons. The van der Waals surface area contributed by atoms with Crippen molar-refractivity contribution in [2.75, 3.05) is 14.2 Å². The van der Waals surface area contributed by atoms with Crippen LogP contribution >= 0.6 is 0 Å². The highest BCUT2D eigenvalue weighted by Gasteiger charge is 2.27. The monoisotopic (exact) mass is 676 g/mol. The summed E-state index contributed by atoms with van der Waals surface area (Å²) in [7, 11) is -12.6. The smallest absolute Gasteiger partial charge is 0.297 e. The summed E-state index contributed by atoms with van der Waals surface area (Å²) < 4.78 is 101. The number of sulfone groups is 1. The molecule has 0 aliphatic heterocycles. The van der Waals surface area contributed by atoms with E-state index in [0.717, 1.165) is 30.2 Å². The Morgan fingerprint density at radius 2 is 1.23 bits per heavy atom. The topological polar surface area (TPSA) is 150 Å². The molecular formula is C30H32O10S3Si. The van der Waals surface area contributed by atoms with Crippen LogP contribution < -0.4 is 19.8 Å². The van der Waals surface area contributed by atoms with E-state index in [4.69, 9.17) is 9.47 Å². The fraction of sp³-hybridized carbons (Fsp3) is 0.200. The second-order valence-corrected chi connectivity index (χ2v) is 20.0. The molecule has 0 heterocycles. The number of rotatable bonds is 11. The lowest BCUT2D eigenvalue weighted by Crippen LogP contribution is -2.52. The summed E-state index contributed by atoms with van der Waals surface area (Å²) >= 11 is 0. The summed E-state index contributed by atoms with van der Waals surface area (Å²) in [5.41, 5.74) is 0.171. The van der Waals surface area contributed by atoms with Crippen LogP contribution in [0.4, 0.5) is 0 Å². The molecule has 0 amide bonds. The summed E-state index contributed by atoms with van der Waals surface area (Å²) in [5, 5.41) is 2.31. The fourth-order valence-electron chi connectivity index (χ4n) is 4.62. The van der Waals surface area contributed by atoms with Gasteiger partial charge in [-0.05, 0) is 67.1 Å². The number of methoxy groups -OCH3 is 1. The Balaban J connectivity index is 1.68. The first-order valence-corrected chi connectivity index (χ1v) is 20.7. The van der Waals surface area contributed by atoms with E-state index >= 15 is 0 Å². The minimum absolute atomic E-state index is 0.0209. The highest BCUT2D eigenvalue weighted by atomic mass is 32.2. The average molecular weight is 677 g/mol. The number of benzene rings is 4. The first-order valence-electron chi connectivity index (χ1n) is 13.2. The van der Waals surface area contributed by atoms with Gasteiger partial charge in [-0.2, -0.15) is 16.8 Å². The van der Waals surface area contributed by atoms with E-state index in [1.54, 1.807) is 19.2 Å². The third kappa shape index (κ3) is 7.22. The summed E-state index contributed by atoms with van der Waals surface area (Å²) in [6.45, 7) is 5.90. The normalized spacial score (nSPS) is 12.6. The molecule has 0 atom stereocenters. The maximum atomic E-state index is 13.5. The molecule has 0 spiro atoms. The van der Waals surface area contributed by atoms with Crippen molar-refractivity contribution in [2.45, 2.75) is 40.5 Å². The van der Waals surface area contributed by atoms with Crippen molar-refractivity contribution in [2.24, 2.45) is 0 Å². The zero-order chi connectivity index (χ0) is 32.5. The van der Waals surface area contributed by atoms with Crippen molar-refractivity contribution in [1.82, 2.24) is 0 Å². The molecule has 4 aromatic carbocycles. The van der Waals surface area contributed by atoms with Gasteiger partial charge in [0.2, 0.25) is 9.84 Å². The number of hydrogen-bond acceptors (Lipinski definition) is 9. The van der Waals surface area contributed by atoms with Crippen LogP contribution in [0.25, 0.3) is 0 Å². The average Bonchev–Trinajstić information content (AvgIpc) is 2.97. The summed E-state index contributed by atoms with van der Waals surface area (Å²) in [5.74, 6) is 0.240. The first-order chi connectivity index (χ1) is 20.5. The second kappa shape index (κ2) is 12.5. The van der Waals surface area contributed by atoms with Crippen LogP contribution in [0, 0.1) is 6.92 Å². The van der Waals surface area contributed by atoms with E-state index in [9.17, 15) is 29.8 Å². The van der Waals surface area contributed by atoms with Crippen LogP contribution in [-0.4, -0.2) is 52.1 Å². The van der Waals surface area contributed by atoms with Gasteiger partial charge in [0.25, 0.3) is 20.2 Å². The molecule has 0 saturated carbocycles. The number of hydrogen-bond donors (Lipinski definition) is 1. The highest BCUT2D eigenvalue weighted by Crippen LogP contribution is 2.32. The second-order valence-electron chi connectivity index (χ2n) is 10.5. The van der Waals surface area contributed by atoms with Crippen molar-refractivity contribution >= 4 is 48.5 Å². The molecule has 0 aromatic heterocycles. The fourth-order valence-corrected chi connectivity index (χ4v) is 9.89. The minimum atomic E-state index is -4.59. The first kappa shape index (κ1) is 33.4. The van der Waals surface area contributed by atoms with Crippen molar-refractivity contribution in [1.29, 1.82) is 0 Å². The minimum Gasteiger partial charge on any atom is -0.497 e. The maximum Gasteiger partial charge on any atom is 0.297 e. The van der Waals surface area contributed by atoms with E-state index < -0.39 is 43.9 Å². The molecule has 0 aliphatic rings. The molecular weight excluding hydrogens is 645 g/mol. The summed E-state index contributed by atoms with van der Waals surface area (Å²) in [4.78, 5) is -0.985. The highest BCUT2D eigenvalue weighted by molar-refractivity contribution is 7.91. The zero-order valence-corrected chi connectivity index (χ0v) is 28.1. The predicted octanol–water partition coefficient (Wildman–Crippen LogP) is 4.17. The van der Waals surface area contributed by atoms with E-state index in [2.05, 4.69) is 17.3 Å². The predicted molar refractivity (Wildman–Crippen MR) is 169 cm³/mol. The molecule has 14 heteroatoms. The Morgan fingerprint density at radius 1 is 0.705 bits per heavy atom. The van der Waals surface area contributed by atoms with Gasteiger partial charge in [-0.25, -0.2) is 8.42 Å². The van der Waals surface area contributed by atoms with Gasteiger partial charge < -0.3 is 9.47 Å². The number of ether oxygens (including phenoxy) is 2. The van der Waals surface area contributed by atoms with Gasteiger partial charge in [-0.15, -0.1) is 0 Å². The van der Waals surface area contributed by atoms with Crippen molar-refractivity contribution in [3.63, 3.8) is 0 Å². The van der Waals surface area contributed by atoms with E-state index in [0.29, 0.717) is 5.75 Å². The molecule has 0 aliphatic carbocycles. The van der Waals surface area contributed by atoms with E-state index in [-0.39, 0.29) is 31.6 Å². The van der Waals surface area contributed by atoms with Gasteiger partial charge in [0, 0.05) is 5.56 Å². The van der Waals surface area contributed by atoms with Crippen LogP contribution in [0.1, 0.15) is 11.1 Å². The Bertz CT molecular complexity index is 2000. The molecule has 44 heavy (non-hydrogen) atoms. The third-order valence-corrected chi connectivity index (χ3v) is 14.6. The molecule has 1 N–H and O–H groups in total. The largest absolute Gasteiger partial charge is 0.497 e. The summed E-state index contributed by atoms with van der Waals surface area (Å²) in [6.07, 6.45) is 0. The van der Waals surface area contributed by atoms with Crippen LogP contribution in [0.2, 0.25) is 13.1 Å². The Morgan fingerprint density at radius 3 is 1.75 bits per heavy atom. The van der Waals surface area contributed by atoms with Gasteiger partial charge in [-0.1, -0.05) is 53.8 Å². The van der Waals surface area contributed by atoms with Crippen molar-refractivity contribution in [3.8, 4) is 17.2 Å². The van der Waals surface area contributed by atoms with Crippen molar-refractivity contribution in [3.05, 3.63) is 96.1 Å². The van der Waals surface area contributed by atoms with Gasteiger partial charge >= 0.3 is 0 Å². The molecule has 0 unspecified atom stereocenters. The van der Waals surface area contributed by atoms with Crippen LogP contribution in [0.5, 0.6) is 17.2 Å². The van der Waals surface area contributed by atoms with E-state index in [1.807, 2.05) is 36.4 Å². The zero-order valence-electron chi connectivity index (χ0n) is 24.6. The lowest BCUT2D eigenvalue weighted by atomic mass is 10.2. The maximum absolute atomic E-state index is 13.5. The van der Waals surface area contributed by atoms with Crippen LogP contribution in [0.3, 0.4) is 0 Å². The number of aryl methyl sites for hydroxylation is 1. The Hall–Kier alpha value is -3.53. The molecule has 10 nitrogen and oxygen atoms in total. The molecule has 0 saturated heterocycles. The molecule has 0 fully saturated rings. The van der Waals surface area contributed by atoms with Gasteiger partial charge in [-0.3, -0.25) is 8.74 Å². The standard InChI is InChI=1S/C30H32O10S3Si/c1-21-6-11-26(19-30(21)43(36,37)39-3)42(34,35)25-12-17-29(22(18-25)20-41(31,32)33)40-24-9-15-28(16-10-24)44(4,5)27-13-7-23(38-2)8-14-27/h6-19H,20H2,1-5H3,(H,31,32,33). The molecule has 4 aromatic rings. The lowest BCUT2D eigenvalue weighted by Gasteiger charge is -2.24. The molecule has 234 valence electrons. The molecule has 4 rings (SSSR count). The van der Waals surface area contributed by atoms with Gasteiger partial charge in [0.1, 0.15) is 31.1 Å². The third-order valence-electron chi connectivity index (χ3n) is 7.25. The van der Waals surface area contributed by atoms with Gasteiger partial charge in [0.15, 0.2) is 0 Å². The van der Waals surface area contributed by atoms with E-state index in [1.165, 1.54) is 36.4 Å². The summed E-state index contributed by atoms with van der Waals surface area (Å²) in [6, 6.07) is 22.4. The quantitative estimate of drug-likeness (QED) is 0.139. The SMILES string of the molecule is COc1ccc([Si](C)(C)c2ccc(Oc3ccc(S(=O)(=O)c4ccc(C)c(S(=O)(=O)OC)c4)cc3CS(=O)(=O)O)cc2)cc1.